The van der Waals surface area contributed by atoms with E-state index in [1.165, 1.54) is 19.3 Å². The predicted octanol–water partition coefficient (Wildman–Crippen LogP) is 2.59. The second-order valence-corrected chi connectivity index (χ2v) is 5.57. The zero-order valence-corrected chi connectivity index (χ0v) is 12.4. The highest BCUT2D eigenvalue weighted by Gasteiger charge is 2.19. The van der Waals surface area contributed by atoms with Crippen LogP contribution >= 0.6 is 0 Å². The molecule has 1 saturated heterocycles. The van der Waals surface area contributed by atoms with E-state index < -0.39 is 0 Å². The molecule has 0 aliphatic carbocycles. The summed E-state index contributed by atoms with van der Waals surface area (Å²) in [7, 11) is 0. The molecule has 1 fully saturated rings. The van der Waals surface area contributed by atoms with Gasteiger partial charge in [0.25, 0.3) is 0 Å². The summed E-state index contributed by atoms with van der Waals surface area (Å²) in [6.45, 7) is 4.92. The van der Waals surface area contributed by atoms with Crippen LogP contribution in [0.3, 0.4) is 0 Å². The molecule has 4 nitrogen and oxygen atoms in total. The van der Waals surface area contributed by atoms with Crippen LogP contribution in [0.15, 0.2) is 22.8 Å². The van der Waals surface area contributed by atoms with Crippen molar-refractivity contribution in [2.45, 2.75) is 51.5 Å². The maximum Gasteiger partial charge on any atom is 0.223 e. The average molecular weight is 278 g/mol. The molecule has 0 spiro atoms. The molecule has 2 heterocycles. The van der Waals surface area contributed by atoms with Crippen LogP contribution in [0.5, 0.6) is 0 Å². The third kappa shape index (κ3) is 4.67. The number of furan rings is 1. The first-order chi connectivity index (χ1) is 9.79. The first-order valence-electron chi connectivity index (χ1n) is 7.83. The Morgan fingerprint density at radius 2 is 2.40 bits per heavy atom. The highest BCUT2D eigenvalue weighted by atomic mass is 16.3. The van der Waals surface area contributed by atoms with Gasteiger partial charge in [-0.05, 0) is 37.9 Å². The third-order valence-electron chi connectivity index (χ3n) is 3.86. The van der Waals surface area contributed by atoms with E-state index in [4.69, 9.17) is 4.42 Å². The van der Waals surface area contributed by atoms with E-state index in [1.54, 1.807) is 6.26 Å². The molecule has 1 aromatic heterocycles. The van der Waals surface area contributed by atoms with Crippen molar-refractivity contribution in [3.05, 3.63) is 24.2 Å². The van der Waals surface area contributed by atoms with Crippen molar-refractivity contribution in [3.63, 3.8) is 0 Å². The summed E-state index contributed by atoms with van der Waals surface area (Å²) < 4.78 is 5.29. The number of amides is 1. The molecule has 112 valence electrons. The van der Waals surface area contributed by atoms with E-state index in [2.05, 4.69) is 12.2 Å². The zero-order valence-electron chi connectivity index (χ0n) is 12.4. The first-order valence-corrected chi connectivity index (χ1v) is 7.83. The van der Waals surface area contributed by atoms with E-state index in [0.717, 1.165) is 31.8 Å². The number of carbonyl (C=O) groups is 1. The smallest absolute Gasteiger partial charge is 0.223 e. The summed E-state index contributed by atoms with van der Waals surface area (Å²) in [6, 6.07) is 4.28. The Kier molecular flexibility index (Phi) is 6.12. The molecule has 2 rings (SSSR count). The molecule has 20 heavy (non-hydrogen) atoms. The van der Waals surface area contributed by atoms with Gasteiger partial charge in [-0.2, -0.15) is 0 Å². The summed E-state index contributed by atoms with van der Waals surface area (Å²) in [4.78, 5) is 14.4. The van der Waals surface area contributed by atoms with Gasteiger partial charge in [-0.15, -0.1) is 0 Å². The van der Waals surface area contributed by atoms with Crippen LogP contribution in [0.4, 0.5) is 0 Å². The van der Waals surface area contributed by atoms with Crippen molar-refractivity contribution in [3.8, 4) is 0 Å². The normalized spacial score (nSPS) is 18.9. The van der Waals surface area contributed by atoms with Gasteiger partial charge in [0.1, 0.15) is 5.76 Å². The van der Waals surface area contributed by atoms with Gasteiger partial charge in [0, 0.05) is 32.0 Å². The Balaban J connectivity index is 1.81. The molecule has 4 heteroatoms. The summed E-state index contributed by atoms with van der Waals surface area (Å²) in [5.74, 6) is 1.14. The number of hydrogen-bond donors (Lipinski definition) is 1. The van der Waals surface area contributed by atoms with Crippen LogP contribution in [0, 0.1) is 0 Å². The quantitative estimate of drug-likeness (QED) is 0.834. The lowest BCUT2D eigenvalue weighted by molar-refractivity contribution is -0.131. The van der Waals surface area contributed by atoms with E-state index in [-0.39, 0.29) is 5.91 Å². The molecular weight excluding hydrogens is 252 g/mol. The lowest BCUT2D eigenvalue weighted by atomic mass is 10.0. The number of nitrogens with one attached hydrogen (secondary N) is 1. The molecule has 1 aliphatic heterocycles. The van der Waals surface area contributed by atoms with E-state index in [1.807, 2.05) is 17.0 Å². The van der Waals surface area contributed by atoms with Crippen LogP contribution in [0.1, 0.15) is 44.8 Å². The maximum absolute atomic E-state index is 12.4. The molecular formula is C16H26N2O2. The first kappa shape index (κ1) is 15.1. The van der Waals surface area contributed by atoms with Gasteiger partial charge < -0.3 is 14.6 Å². The minimum atomic E-state index is 0.246. The molecule has 1 aliphatic rings. The van der Waals surface area contributed by atoms with Gasteiger partial charge in [0.15, 0.2) is 0 Å². The molecule has 1 amide bonds. The average Bonchev–Trinajstić information content (AvgIpc) is 2.99. The van der Waals surface area contributed by atoms with Gasteiger partial charge in [-0.1, -0.05) is 13.3 Å². The van der Waals surface area contributed by atoms with Crippen LogP contribution < -0.4 is 5.32 Å². The highest BCUT2D eigenvalue weighted by molar-refractivity contribution is 5.76. The molecule has 1 aromatic rings. The lowest BCUT2D eigenvalue weighted by Gasteiger charge is -2.30. The lowest BCUT2D eigenvalue weighted by Crippen LogP contribution is -2.46. The third-order valence-corrected chi connectivity index (χ3v) is 3.86. The van der Waals surface area contributed by atoms with Gasteiger partial charge in [-0.3, -0.25) is 4.79 Å². The summed E-state index contributed by atoms with van der Waals surface area (Å²) >= 11 is 0. The fourth-order valence-electron chi connectivity index (χ4n) is 2.78. The van der Waals surface area contributed by atoms with Crippen molar-refractivity contribution < 1.29 is 9.21 Å². The van der Waals surface area contributed by atoms with Crippen LogP contribution in [-0.2, 0) is 11.2 Å². The highest BCUT2D eigenvalue weighted by Crippen LogP contribution is 2.11. The van der Waals surface area contributed by atoms with Crippen molar-refractivity contribution >= 4 is 5.91 Å². The van der Waals surface area contributed by atoms with Crippen molar-refractivity contribution in [1.82, 2.24) is 10.2 Å². The maximum atomic E-state index is 12.4. The van der Waals surface area contributed by atoms with Crippen molar-refractivity contribution in [2.24, 2.45) is 0 Å². The van der Waals surface area contributed by atoms with Crippen LogP contribution in [0.2, 0.25) is 0 Å². The molecule has 1 unspecified atom stereocenters. The summed E-state index contributed by atoms with van der Waals surface area (Å²) in [5, 5.41) is 3.52. The molecule has 0 aromatic carbocycles. The van der Waals surface area contributed by atoms with Gasteiger partial charge >= 0.3 is 0 Å². The van der Waals surface area contributed by atoms with Crippen LogP contribution in [-0.4, -0.2) is 36.5 Å². The van der Waals surface area contributed by atoms with Gasteiger partial charge in [0.2, 0.25) is 5.91 Å². The van der Waals surface area contributed by atoms with E-state index in [9.17, 15) is 4.79 Å². The van der Waals surface area contributed by atoms with Crippen LogP contribution in [0.25, 0.3) is 0 Å². The topological polar surface area (TPSA) is 45.5 Å². The second kappa shape index (κ2) is 8.10. The van der Waals surface area contributed by atoms with Gasteiger partial charge in [-0.25, -0.2) is 0 Å². The fourth-order valence-corrected chi connectivity index (χ4v) is 2.78. The second-order valence-electron chi connectivity index (χ2n) is 5.57. The number of rotatable bonds is 7. The van der Waals surface area contributed by atoms with Crippen molar-refractivity contribution in [1.29, 1.82) is 0 Å². The Bertz CT molecular complexity index is 383. The summed E-state index contributed by atoms with van der Waals surface area (Å²) in [5.41, 5.74) is 0. The molecule has 1 atom stereocenters. The van der Waals surface area contributed by atoms with Gasteiger partial charge in [0.05, 0.1) is 6.26 Å². The Morgan fingerprint density at radius 3 is 3.05 bits per heavy atom. The van der Waals surface area contributed by atoms with E-state index >= 15 is 0 Å². The largest absolute Gasteiger partial charge is 0.469 e. The number of hydrogen-bond acceptors (Lipinski definition) is 3. The Hall–Kier alpha value is -1.29. The summed E-state index contributed by atoms with van der Waals surface area (Å²) in [6.07, 6.45) is 7.64. The SMILES string of the molecule is CCCN(CC1CCCCN1)C(=O)CCc1ccco1. The molecule has 1 N–H and O–H groups in total. The monoisotopic (exact) mass is 278 g/mol. The van der Waals surface area contributed by atoms with Crippen molar-refractivity contribution in [2.75, 3.05) is 19.6 Å². The zero-order chi connectivity index (χ0) is 14.2. The number of nitrogens with zero attached hydrogens (tertiary/aromatic N) is 1. The molecule has 0 saturated carbocycles. The van der Waals surface area contributed by atoms with E-state index in [0.29, 0.717) is 18.9 Å². The molecule has 0 radical (unpaired) electrons. The number of piperidine rings is 1. The Labute approximate surface area is 121 Å². The fraction of sp³-hybridized carbons (Fsp3) is 0.688. The number of aryl methyl sites for hydroxylation is 1. The number of carbonyl (C=O) groups excluding carboxylic acids is 1. The minimum Gasteiger partial charge on any atom is -0.469 e. The predicted molar refractivity (Wildman–Crippen MR) is 79.5 cm³/mol. The molecule has 0 bridgehead atoms. The Morgan fingerprint density at radius 1 is 1.50 bits per heavy atom. The standard InChI is InChI=1S/C16H26N2O2/c1-2-11-18(13-14-6-3-4-10-17-14)16(19)9-8-15-7-5-12-20-15/h5,7,12,14,17H,2-4,6,8-11,13H2,1H3. The minimum absolute atomic E-state index is 0.246.